The molecular formula is C17H20N2O3. The first kappa shape index (κ1) is 16.0. The molecule has 0 aliphatic heterocycles. The molecule has 0 aliphatic carbocycles. The van der Waals surface area contributed by atoms with E-state index in [1.807, 2.05) is 25.4 Å². The van der Waals surface area contributed by atoms with Crippen molar-refractivity contribution in [3.63, 3.8) is 0 Å². The Labute approximate surface area is 130 Å². The molecule has 22 heavy (non-hydrogen) atoms. The minimum Gasteiger partial charge on any atom is -0.507 e. The summed E-state index contributed by atoms with van der Waals surface area (Å²) in [5.74, 6) is -0.610. The lowest BCUT2D eigenvalue weighted by atomic mass is 10.1. The number of benzene rings is 1. The van der Waals surface area contributed by atoms with Crippen molar-refractivity contribution >= 4 is 5.97 Å². The van der Waals surface area contributed by atoms with E-state index in [1.165, 1.54) is 13.2 Å². The van der Waals surface area contributed by atoms with E-state index in [0.29, 0.717) is 6.54 Å². The van der Waals surface area contributed by atoms with Crippen LogP contribution in [0.5, 0.6) is 5.75 Å². The monoisotopic (exact) mass is 300 g/mol. The van der Waals surface area contributed by atoms with E-state index in [-0.39, 0.29) is 17.4 Å². The van der Waals surface area contributed by atoms with E-state index in [1.54, 1.807) is 18.3 Å². The van der Waals surface area contributed by atoms with Gasteiger partial charge < -0.3 is 9.84 Å². The van der Waals surface area contributed by atoms with Crippen molar-refractivity contribution in [1.29, 1.82) is 0 Å². The maximum atomic E-state index is 11.6. The quantitative estimate of drug-likeness (QED) is 0.860. The van der Waals surface area contributed by atoms with E-state index in [9.17, 15) is 9.90 Å². The number of aromatic hydroxyl groups is 1. The molecule has 1 aromatic heterocycles. The molecule has 1 N–H and O–H groups in total. The fourth-order valence-electron chi connectivity index (χ4n) is 2.26. The fraction of sp³-hybridized carbons (Fsp3) is 0.294. The summed E-state index contributed by atoms with van der Waals surface area (Å²) in [6.07, 6.45) is 3.59. The Bertz CT molecular complexity index is 644. The lowest BCUT2D eigenvalue weighted by molar-refractivity contribution is 0.0597. The average Bonchev–Trinajstić information content (AvgIpc) is 2.55. The minimum absolute atomic E-state index is 0.0708. The van der Waals surface area contributed by atoms with Crippen molar-refractivity contribution in [2.45, 2.75) is 19.5 Å². The number of phenols is 1. The molecule has 1 atom stereocenters. The first-order valence-corrected chi connectivity index (χ1v) is 7.03. The highest BCUT2D eigenvalue weighted by atomic mass is 16.5. The molecular weight excluding hydrogens is 280 g/mol. The lowest BCUT2D eigenvalue weighted by Gasteiger charge is -2.25. The smallest absolute Gasteiger partial charge is 0.341 e. The van der Waals surface area contributed by atoms with Crippen molar-refractivity contribution in [2.24, 2.45) is 0 Å². The largest absolute Gasteiger partial charge is 0.507 e. The molecule has 0 unspecified atom stereocenters. The number of hydrogen-bond acceptors (Lipinski definition) is 5. The van der Waals surface area contributed by atoms with Gasteiger partial charge in [-0.25, -0.2) is 4.79 Å². The van der Waals surface area contributed by atoms with Crippen LogP contribution in [-0.4, -0.2) is 35.1 Å². The first-order valence-electron chi connectivity index (χ1n) is 7.03. The number of rotatable bonds is 5. The summed E-state index contributed by atoms with van der Waals surface area (Å²) in [4.78, 5) is 17.9. The van der Waals surface area contributed by atoms with E-state index in [2.05, 4.69) is 21.5 Å². The average molecular weight is 300 g/mol. The van der Waals surface area contributed by atoms with Crippen LogP contribution in [0.4, 0.5) is 0 Å². The highest BCUT2D eigenvalue weighted by Gasteiger charge is 2.15. The van der Waals surface area contributed by atoms with Crippen LogP contribution < -0.4 is 0 Å². The highest BCUT2D eigenvalue weighted by Crippen LogP contribution is 2.23. The first-order chi connectivity index (χ1) is 10.5. The Hall–Kier alpha value is -2.40. The van der Waals surface area contributed by atoms with Gasteiger partial charge in [-0.05, 0) is 43.3 Å². The number of carbonyl (C=O) groups excluding carboxylic acids is 1. The molecule has 5 heteroatoms. The van der Waals surface area contributed by atoms with E-state index >= 15 is 0 Å². The molecule has 0 spiro atoms. The topological polar surface area (TPSA) is 62.7 Å². The summed E-state index contributed by atoms with van der Waals surface area (Å²) < 4.78 is 4.67. The molecule has 1 aromatic carbocycles. The van der Waals surface area contributed by atoms with Gasteiger partial charge in [0.05, 0.1) is 7.11 Å². The van der Waals surface area contributed by atoms with Crippen molar-refractivity contribution < 1.29 is 14.6 Å². The Kier molecular flexibility index (Phi) is 5.12. The number of ether oxygens (including phenoxy) is 1. The predicted octanol–water partition coefficient (Wildman–Crippen LogP) is 2.77. The number of phenolic OH excluding ortho intramolecular Hbond substituents is 1. The maximum Gasteiger partial charge on any atom is 0.341 e. The molecule has 0 bridgehead atoms. The number of carbonyl (C=O) groups is 1. The number of pyridine rings is 1. The summed E-state index contributed by atoms with van der Waals surface area (Å²) in [6, 6.07) is 9.11. The molecule has 0 radical (unpaired) electrons. The summed E-state index contributed by atoms with van der Waals surface area (Å²) >= 11 is 0. The van der Waals surface area contributed by atoms with Crippen LogP contribution in [0.25, 0.3) is 0 Å². The zero-order valence-corrected chi connectivity index (χ0v) is 13.0. The van der Waals surface area contributed by atoms with Crippen molar-refractivity contribution in [1.82, 2.24) is 9.88 Å². The van der Waals surface area contributed by atoms with Gasteiger partial charge in [0, 0.05) is 25.0 Å². The normalized spacial score (nSPS) is 12.2. The van der Waals surface area contributed by atoms with Gasteiger partial charge >= 0.3 is 5.97 Å². The van der Waals surface area contributed by atoms with E-state index < -0.39 is 5.97 Å². The number of aromatic nitrogens is 1. The summed E-state index contributed by atoms with van der Waals surface area (Å²) in [5.41, 5.74) is 2.23. The van der Waals surface area contributed by atoms with Crippen LogP contribution in [0, 0.1) is 0 Å². The molecule has 0 saturated carbocycles. The molecule has 116 valence electrons. The zero-order valence-electron chi connectivity index (χ0n) is 13.0. The second-order valence-electron chi connectivity index (χ2n) is 5.22. The SMILES string of the molecule is COC(=O)c1cc(CN(C)[C@H](C)c2cccnc2)ccc1O. The minimum atomic E-state index is -0.540. The van der Waals surface area contributed by atoms with Gasteiger partial charge in [0.1, 0.15) is 11.3 Å². The van der Waals surface area contributed by atoms with Crippen LogP contribution in [0.15, 0.2) is 42.7 Å². The van der Waals surface area contributed by atoms with Crippen LogP contribution >= 0.6 is 0 Å². The van der Waals surface area contributed by atoms with E-state index in [4.69, 9.17) is 0 Å². The van der Waals surface area contributed by atoms with Crippen LogP contribution in [0.2, 0.25) is 0 Å². The third-order valence-electron chi connectivity index (χ3n) is 3.73. The van der Waals surface area contributed by atoms with Crippen molar-refractivity contribution in [3.05, 3.63) is 59.4 Å². The number of esters is 1. The fourth-order valence-corrected chi connectivity index (χ4v) is 2.26. The third-order valence-corrected chi connectivity index (χ3v) is 3.73. The number of nitrogens with zero attached hydrogens (tertiary/aromatic N) is 2. The van der Waals surface area contributed by atoms with Gasteiger partial charge in [-0.2, -0.15) is 0 Å². The Morgan fingerprint density at radius 3 is 2.82 bits per heavy atom. The summed E-state index contributed by atoms with van der Waals surface area (Å²) in [5, 5.41) is 9.74. The summed E-state index contributed by atoms with van der Waals surface area (Å²) in [6.45, 7) is 2.74. The molecule has 0 amide bonds. The lowest BCUT2D eigenvalue weighted by Crippen LogP contribution is -2.22. The third kappa shape index (κ3) is 3.62. The maximum absolute atomic E-state index is 11.6. The zero-order chi connectivity index (χ0) is 16.1. The molecule has 2 aromatic rings. The van der Waals surface area contributed by atoms with Crippen LogP contribution in [0.3, 0.4) is 0 Å². The van der Waals surface area contributed by atoms with Gasteiger partial charge in [-0.1, -0.05) is 12.1 Å². The van der Waals surface area contributed by atoms with Gasteiger partial charge in [-0.15, -0.1) is 0 Å². The summed E-state index contributed by atoms with van der Waals surface area (Å²) in [7, 11) is 3.30. The Morgan fingerprint density at radius 1 is 1.41 bits per heavy atom. The second kappa shape index (κ2) is 7.04. The Balaban J connectivity index is 2.15. The second-order valence-corrected chi connectivity index (χ2v) is 5.22. The number of methoxy groups -OCH3 is 1. The van der Waals surface area contributed by atoms with Crippen LogP contribution in [0.1, 0.15) is 34.5 Å². The van der Waals surface area contributed by atoms with Crippen molar-refractivity contribution in [2.75, 3.05) is 14.2 Å². The highest BCUT2D eigenvalue weighted by molar-refractivity contribution is 5.92. The predicted molar refractivity (Wildman–Crippen MR) is 83.6 cm³/mol. The van der Waals surface area contributed by atoms with Gasteiger partial charge in [0.2, 0.25) is 0 Å². The van der Waals surface area contributed by atoms with Gasteiger partial charge in [-0.3, -0.25) is 9.88 Å². The van der Waals surface area contributed by atoms with Gasteiger partial charge in [0.25, 0.3) is 0 Å². The van der Waals surface area contributed by atoms with Crippen LogP contribution in [-0.2, 0) is 11.3 Å². The number of hydrogen-bond donors (Lipinski definition) is 1. The Morgan fingerprint density at radius 2 is 2.18 bits per heavy atom. The molecule has 1 heterocycles. The van der Waals surface area contributed by atoms with Crippen molar-refractivity contribution in [3.8, 4) is 5.75 Å². The molecule has 0 saturated heterocycles. The van der Waals surface area contributed by atoms with Gasteiger partial charge in [0.15, 0.2) is 0 Å². The molecule has 2 rings (SSSR count). The molecule has 0 fully saturated rings. The molecule has 0 aliphatic rings. The van der Waals surface area contributed by atoms with E-state index in [0.717, 1.165) is 11.1 Å². The molecule has 5 nitrogen and oxygen atoms in total. The standard InChI is InChI=1S/C17H20N2O3/c1-12(14-5-4-8-18-10-14)19(2)11-13-6-7-16(20)15(9-13)17(21)22-3/h4-10,12,20H,11H2,1-3H3/t12-/m1/s1.